The van der Waals surface area contributed by atoms with Crippen molar-refractivity contribution in [3.63, 3.8) is 0 Å². The van der Waals surface area contributed by atoms with Gasteiger partial charge >= 0.3 is 0 Å². The van der Waals surface area contributed by atoms with Gasteiger partial charge in [0.1, 0.15) is 0 Å². The lowest BCUT2D eigenvalue weighted by Crippen LogP contribution is -2.18. The van der Waals surface area contributed by atoms with Crippen molar-refractivity contribution < 1.29 is 4.52 Å². The highest BCUT2D eigenvalue weighted by atomic mass is 79.9. The number of nitrogens with two attached hydrogens (primary N) is 1. The number of rotatable bonds is 3. The average molecular weight is 302 g/mol. The Kier molecular flexibility index (Phi) is 3.41. The molecule has 0 aliphatic rings. The molecular formula is C10H12BrN3OS. The van der Waals surface area contributed by atoms with E-state index < -0.39 is 0 Å². The molecule has 0 amide bonds. The maximum Gasteiger partial charge on any atom is 0.268 e. The molecule has 0 radical (unpaired) electrons. The molecule has 86 valence electrons. The van der Waals surface area contributed by atoms with Crippen LogP contribution < -0.4 is 5.73 Å². The van der Waals surface area contributed by atoms with Crippen LogP contribution >= 0.6 is 27.3 Å². The molecule has 0 aliphatic heterocycles. The van der Waals surface area contributed by atoms with Crippen LogP contribution in [-0.4, -0.2) is 16.2 Å². The van der Waals surface area contributed by atoms with E-state index in [0.29, 0.717) is 18.1 Å². The van der Waals surface area contributed by atoms with E-state index in [0.717, 1.165) is 8.66 Å². The van der Waals surface area contributed by atoms with Crippen molar-refractivity contribution >= 4 is 27.3 Å². The van der Waals surface area contributed by atoms with Crippen LogP contribution in [-0.2, 0) is 6.42 Å². The zero-order valence-corrected chi connectivity index (χ0v) is 11.4. The zero-order chi connectivity index (χ0) is 11.7. The summed E-state index contributed by atoms with van der Waals surface area (Å²) in [6.07, 6.45) is 0.634. The topological polar surface area (TPSA) is 64.9 Å². The first-order valence-corrected chi connectivity index (χ1v) is 6.51. The van der Waals surface area contributed by atoms with Crippen LogP contribution in [0.1, 0.15) is 18.3 Å². The van der Waals surface area contributed by atoms with Crippen LogP contribution in [0.15, 0.2) is 14.4 Å². The zero-order valence-electron chi connectivity index (χ0n) is 9.03. The van der Waals surface area contributed by atoms with Gasteiger partial charge in [-0.15, -0.1) is 11.3 Å². The number of thiophene rings is 1. The molecule has 2 heterocycles. The van der Waals surface area contributed by atoms with Crippen LogP contribution in [0.2, 0.25) is 0 Å². The molecule has 0 aliphatic carbocycles. The number of hydrogen-bond acceptors (Lipinski definition) is 5. The van der Waals surface area contributed by atoms with Crippen molar-refractivity contribution in [1.82, 2.24) is 10.1 Å². The first-order chi connectivity index (χ1) is 7.56. The average Bonchev–Trinajstić information content (AvgIpc) is 2.74. The monoisotopic (exact) mass is 301 g/mol. The lowest BCUT2D eigenvalue weighted by molar-refractivity contribution is 0.421. The van der Waals surface area contributed by atoms with E-state index in [9.17, 15) is 0 Å². The van der Waals surface area contributed by atoms with Gasteiger partial charge in [-0.05, 0) is 41.4 Å². The Labute approximate surface area is 106 Å². The largest absolute Gasteiger partial charge is 0.333 e. The van der Waals surface area contributed by atoms with E-state index in [1.165, 1.54) is 5.56 Å². The van der Waals surface area contributed by atoms with Gasteiger partial charge in [-0.3, -0.25) is 0 Å². The summed E-state index contributed by atoms with van der Waals surface area (Å²) in [5, 5.41) is 3.90. The summed E-state index contributed by atoms with van der Waals surface area (Å²) in [5.74, 6) is 1.22. The van der Waals surface area contributed by atoms with Gasteiger partial charge in [-0.1, -0.05) is 5.16 Å². The standard InChI is InChI=1S/C10H12BrN3OS/c1-5-3-7(16-9(5)11)10-13-8(14-15-10)4-6(2)12/h3,6H,4,12H2,1-2H3. The summed E-state index contributed by atoms with van der Waals surface area (Å²) >= 11 is 5.06. The molecule has 0 aromatic carbocycles. The lowest BCUT2D eigenvalue weighted by atomic mass is 10.2. The third-order valence-electron chi connectivity index (χ3n) is 2.04. The van der Waals surface area contributed by atoms with Gasteiger partial charge in [0, 0.05) is 12.5 Å². The summed E-state index contributed by atoms with van der Waals surface area (Å²) in [5.41, 5.74) is 6.85. The van der Waals surface area contributed by atoms with Gasteiger partial charge in [0.25, 0.3) is 5.89 Å². The SMILES string of the molecule is Cc1cc(-c2nc(CC(C)N)no2)sc1Br. The van der Waals surface area contributed by atoms with Crippen LogP contribution in [0.4, 0.5) is 0 Å². The Morgan fingerprint density at radius 3 is 2.94 bits per heavy atom. The Morgan fingerprint density at radius 2 is 2.38 bits per heavy atom. The van der Waals surface area contributed by atoms with Gasteiger partial charge < -0.3 is 10.3 Å². The molecule has 0 fully saturated rings. The van der Waals surface area contributed by atoms with Gasteiger partial charge in [0.15, 0.2) is 5.82 Å². The molecule has 0 bridgehead atoms. The Morgan fingerprint density at radius 1 is 1.62 bits per heavy atom. The van der Waals surface area contributed by atoms with Gasteiger partial charge in [-0.25, -0.2) is 0 Å². The molecule has 2 aromatic rings. The maximum atomic E-state index is 5.67. The number of aromatic nitrogens is 2. The number of halogens is 1. The summed E-state index contributed by atoms with van der Waals surface area (Å²) in [6, 6.07) is 2.07. The van der Waals surface area contributed by atoms with Crippen LogP contribution in [0, 0.1) is 6.92 Å². The molecule has 2 rings (SSSR count). The Hall–Kier alpha value is -0.720. The van der Waals surface area contributed by atoms with Crippen LogP contribution in [0.3, 0.4) is 0 Å². The second-order valence-corrected chi connectivity index (χ2v) is 6.13. The molecular weight excluding hydrogens is 290 g/mol. The van der Waals surface area contributed by atoms with Crippen molar-refractivity contribution in [1.29, 1.82) is 0 Å². The lowest BCUT2D eigenvalue weighted by Gasteiger charge is -1.96. The molecule has 1 unspecified atom stereocenters. The normalized spacial score (nSPS) is 13.0. The van der Waals surface area contributed by atoms with E-state index in [1.807, 2.05) is 19.9 Å². The Bertz CT molecular complexity index is 472. The van der Waals surface area contributed by atoms with Crippen molar-refractivity contribution in [2.24, 2.45) is 5.73 Å². The second kappa shape index (κ2) is 4.65. The molecule has 1 atom stereocenters. The van der Waals surface area contributed by atoms with Crippen molar-refractivity contribution in [2.45, 2.75) is 26.3 Å². The second-order valence-electron chi connectivity index (χ2n) is 3.76. The fourth-order valence-corrected chi connectivity index (χ4v) is 2.75. The molecule has 0 spiro atoms. The van der Waals surface area contributed by atoms with Gasteiger partial charge in [-0.2, -0.15) is 4.98 Å². The number of hydrogen-bond donors (Lipinski definition) is 1. The highest BCUT2D eigenvalue weighted by Crippen LogP contribution is 2.33. The summed E-state index contributed by atoms with van der Waals surface area (Å²) in [6.45, 7) is 3.95. The minimum absolute atomic E-state index is 0.0438. The number of aryl methyl sites for hydroxylation is 1. The first-order valence-electron chi connectivity index (χ1n) is 4.90. The summed E-state index contributed by atoms with van der Waals surface area (Å²) in [7, 11) is 0. The molecule has 16 heavy (non-hydrogen) atoms. The van der Waals surface area contributed by atoms with Gasteiger partial charge in [0.05, 0.1) is 8.66 Å². The predicted octanol–water partition coefficient (Wildman–Crippen LogP) is 2.76. The first kappa shape index (κ1) is 11.8. The van der Waals surface area contributed by atoms with E-state index in [2.05, 4.69) is 26.1 Å². The highest BCUT2D eigenvalue weighted by molar-refractivity contribution is 9.11. The summed E-state index contributed by atoms with van der Waals surface area (Å²) < 4.78 is 6.28. The van der Waals surface area contributed by atoms with E-state index >= 15 is 0 Å². The third kappa shape index (κ3) is 2.50. The minimum atomic E-state index is 0.0438. The van der Waals surface area contributed by atoms with Crippen LogP contribution in [0.5, 0.6) is 0 Å². The van der Waals surface area contributed by atoms with Crippen molar-refractivity contribution in [3.8, 4) is 10.8 Å². The predicted molar refractivity (Wildman–Crippen MR) is 67.4 cm³/mol. The van der Waals surface area contributed by atoms with Crippen molar-refractivity contribution in [2.75, 3.05) is 0 Å². The fraction of sp³-hybridized carbons (Fsp3) is 0.400. The molecule has 4 nitrogen and oxygen atoms in total. The van der Waals surface area contributed by atoms with Crippen LogP contribution in [0.25, 0.3) is 10.8 Å². The molecule has 2 N–H and O–H groups in total. The number of nitrogens with zero attached hydrogens (tertiary/aromatic N) is 2. The smallest absolute Gasteiger partial charge is 0.268 e. The highest BCUT2D eigenvalue weighted by Gasteiger charge is 2.13. The van der Waals surface area contributed by atoms with Gasteiger partial charge in [0.2, 0.25) is 0 Å². The quantitative estimate of drug-likeness (QED) is 0.947. The van der Waals surface area contributed by atoms with Crippen molar-refractivity contribution in [3.05, 3.63) is 21.2 Å². The summed E-state index contributed by atoms with van der Waals surface area (Å²) in [4.78, 5) is 5.29. The molecule has 6 heteroatoms. The third-order valence-corrected chi connectivity index (χ3v) is 4.17. The molecule has 2 aromatic heterocycles. The van der Waals surface area contributed by atoms with E-state index in [4.69, 9.17) is 10.3 Å². The minimum Gasteiger partial charge on any atom is -0.333 e. The maximum absolute atomic E-state index is 5.67. The fourth-order valence-electron chi connectivity index (χ4n) is 1.29. The molecule has 0 saturated heterocycles. The van der Waals surface area contributed by atoms with E-state index in [-0.39, 0.29) is 6.04 Å². The molecule has 0 saturated carbocycles. The van der Waals surface area contributed by atoms with E-state index in [1.54, 1.807) is 11.3 Å². The Balaban J connectivity index is 2.24.